The van der Waals surface area contributed by atoms with Crippen molar-refractivity contribution < 1.29 is 22.0 Å². The summed E-state index contributed by atoms with van der Waals surface area (Å²) in [6, 6.07) is 3.97. The minimum absolute atomic E-state index is 0.160. The van der Waals surface area contributed by atoms with E-state index < -0.39 is 32.5 Å². The summed E-state index contributed by atoms with van der Waals surface area (Å²) >= 11 is 0. The fourth-order valence-electron chi connectivity index (χ4n) is 2.63. The van der Waals surface area contributed by atoms with Gasteiger partial charge in [-0.25, -0.2) is 26.9 Å². The van der Waals surface area contributed by atoms with Crippen molar-refractivity contribution in [3.05, 3.63) is 47.8 Å². The smallest absolute Gasteiger partial charge is 0.240 e. The van der Waals surface area contributed by atoms with Crippen LogP contribution in [0.15, 0.2) is 35.4 Å². The van der Waals surface area contributed by atoms with Crippen LogP contribution in [0.3, 0.4) is 0 Å². The molecule has 8 nitrogen and oxygen atoms in total. The number of nitrogens with one attached hydrogen (secondary N) is 2. The molecule has 2 heterocycles. The molecule has 11 heteroatoms. The molecular weight excluding hydrogens is 392 g/mol. The maximum absolute atomic E-state index is 13.2. The lowest BCUT2D eigenvalue weighted by atomic mass is 10.2. The number of pyridine rings is 1. The monoisotopic (exact) mass is 409 g/mol. The maximum atomic E-state index is 13.2. The zero-order chi connectivity index (χ0) is 20.5. The minimum atomic E-state index is -4.06. The number of aryl methyl sites for hydroxylation is 2. The van der Waals surface area contributed by atoms with Crippen LogP contribution in [0.2, 0.25) is 0 Å². The van der Waals surface area contributed by atoms with Crippen molar-refractivity contribution in [1.29, 1.82) is 0 Å². The Kier molecular flexibility index (Phi) is 5.38. The van der Waals surface area contributed by atoms with E-state index in [-0.39, 0.29) is 13.0 Å². The number of aromatic nitrogens is 3. The summed E-state index contributed by atoms with van der Waals surface area (Å²) in [6.45, 7) is 1.61. The van der Waals surface area contributed by atoms with E-state index in [9.17, 15) is 22.0 Å². The third-order valence-corrected chi connectivity index (χ3v) is 5.45. The number of benzene rings is 1. The summed E-state index contributed by atoms with van der Waals surface area (Å²) in [6.07, 6.45) is 1.32. The minimum Gasteiger partial charge on any atom is -0.325 e. The van der Waals surface area contributed by atoms with E-state index in [0.29, 0.717) is 17.4 Å². The van der Waals surface area contributed by atoms with E-state index in [1.807, 2.05) is 6.92 Å². The SMILES string of the molecule is Cc1nn(C)c2ncc(NC(=O)CCNS(=O)(=O)c3ccc(F)c(F)c3)cc12. The summed E-state index contributed by atoms with van der Waals surface area (Å²) in [5, 5.41) is 7.66. The van der Waals surface area contributed by atoms with Gasteiger partial charge in [0.1, 0.15) is 0 Å². The molecule has 3 rings (SSSR count). The van der Waals surface area contributed by atoms with Crippen molar-refractivity contribution in [3.63, 3.8) is 0 Å². The number of halogens is 2. The Morgan fingerprint density at radius 2 is 1.96 bits per heavy atom. The molecule has 0 radical (unpaired) electrons. The second kappa shape index (κ2) is 7.60. The number of carbonyl (C=O) groups excluding carboxylic acids is 1. The van der Waals surface area contributed by atoms with Crippen LogP contribution < -0.4 is 10.0 Å². The predicted molar refractivity (Wildman–Crippen MR) is 98.0 cm³/mol. The molecule has 0 atom stereocenters. The molecule has 28 heavy (non-hydrogen) atoms. The highest BCUT2D eigenvalue weighted by molar-refractivity contribution is 7.89. The highest BCUT2D eigenvalue weighted by Gasteiger charge is 2.17. The third-order valence-electron chi connectivity index (χ3n) is 3.99. The average molecular weight is 409 g/mol. The lowest BCUT2D eigenvalue weighted by Gasteiger charge is -2.08. The van der Waals surface area contributed by atoms with E-state index in [4.69, 9.17) is 0 Å². The van der Waals surface area contributed by atoms with Gasteiger partial charge in [-0.1, -0.05) is 0 Å². The normalized spacial score (nSPS) is 11.7. The number of amides is 1. The molecule has 3 aromatic rings. The lowest BCUT2D eigenvalue weighted by Crippen LogP contribution is -2.28. The standard InChI is InChI=1S/C17H17F2N5O3S/c1-10-13-7-11(9-20-17(13)24(2)23-10)22-16(25)5-6-21-28(26,27)12-3-4-14(18)15(19)8-12/h3-4,7-9,21H,5-6H2,1-2H3,(H,22,25). The first kappa shape index (κ1) is 19.8. The van der Waals surface area contributed by atoms with E-state index >= 15 is 0 Å². The molecule has 0 spiro atoms. The van der Waals surface area contributed by atoms with E-state index in [2.05, 4.69) is 20.1 Å². The highest BCUT2D eigenvalue weighted by atomic mass is 32.2. The molecule has 0 bridgehead atoms. The Morgan fingerprint density at radius 3 is 2.68 bits per heavy atom. The molecule has 1 aromatic carbocycles. The number of hydrogen-bond acceptors (Lipinski definition) is 5. The number of carbonyl (C=O) groups is 1. The molecule has 0 saturated carbocycles. The van der Waals surface area contributed by atoms with Crippen molar-refractivity contribution in [3.8, 4) is 0 Å². The number of nitrogens with zero attached hydrogens (tertiary/aromatic N) is 3. The summed E-state index contributed by atoms with van der Waals surface area (Å²) < 4.78 is 54.1. The molecule has 0 aliphatic heterocycles. The fraction of sp³-hybridized carbons (Fsp3) is 0.235. The average Bonchev–Trinajstić information content (AvgIpc) is 2.91. The van der Waals surface area contributed by atoms with Gasteiger partial charge in [-0.15, -0.1) is 0 Å². The lowest BCUT2D eigenvalue weighted by molar-refractivity contribution is -0.116. The van der Waals surface area contributed by atoms with Crippen LogP contribution in [0.1, 0.15) is 12.1 Å². The van der Waals surface area contributed by atoms with Crippen LogP contribution >= 0.6 is 0 Å². The summed E-state index contributed by atoms with van der Waals surface area (Å²) in [5.74, 6) is -2.85. The molecule has 2 aromatic heterocycles. The molecule has 148 valence electrons. The number of hydrogen-bond donors (Lipinski definition) is 2. The Morgan fingerprint density at radius 1 is 1.21 bits per heavy atom. The van der Waals surface area contributed by atoms with Gasteiger partial charge in [0.05, 0.1) is 22.5 Å². The second-order valence-electron chi connectivity index (χ2n) is 6.08. The van der Waals surface area contributed by atoms with Crippen LogP contribution in [0, 0.1) is 18.6 Å². The van der Waals surface area contributed by atoms with Gasteiger partial charge in [0.2, 0.25) is 15.9 Å². The van der Waals surface area contributed by atoms with Gasteiger partial charge in [0.15, 0.2) is 17.3 Å². The zero-order valence-electron chi connectivity index (χ0n) is 15.0. The van der Waals surface area contributed by atoms with Crippen molar-refractivity contribution in [2.75, 3.05) is 11.9 Å². The van der Waals surface area contributed by atoms with Crippen LogP contribution in [-0.2, 0) is 21.9 Å². The third kappa shape index (κ3) is 4.15. The molecule has 0 aliphatic carbocycles. The Bertz CT molecular complexity index is 1160. The number of fused-ring (bicyclic) bond motifs is 1. The van der Waals surface area contributed by atoms with E-state index in [0.717, 1.165) is 23.2 Å². The van der Waals surface area contributed by atoms with Crippen molar-refractivity contribution in [2.45, 2.75) is 18.2 Å². The van der Waals surface area contributed by atoms with Gasteiger partial charge in [0, 0.05) is 25.4 Å². The molecule has 0 saturated heterocycles. The number of sulfonamides is 1. The van der Waals surface area contributed by atoms with Gasteiger partial charge in [-0.05, 0) is 31.2 Å². The Labute approximate surface area is 159 Å². The van der Waals surface area contributed by atoms with E-state index in [1.54, 1.807) is 17.8 Å². The van der Waals surface area contributed by atoms with Gasteiger partial charge in [-0.2, -0.15) is 5.10 Å². The van der Waals surface area contributed by atoms with Crippen molar-refractivity contribution in [2.24, 2.45) is 7.05 Å². The van der Waals surface area contributed by atoms with Crippen molar-refractivity contribution in [1.82, 2.24) is 19.5 Å². The quantitative estimate of drug-likeness (QED) is 0.647. The molecule has 2 N–H and O–H groups in total. The highest BCUT2D eigenvalue weighted by Crippen LogP contribution is 2.19. The van der Waals surface area contributed by atoms with Crippen molar-refractivity contribution >= 4 is 32.7 Å². The van der Waals surface area contributed by atoms with Crippen LogP contribution in [-0.4, -0.2) is 35.6 Å². The zero-order valence-corrected chi connectivity index (χ0v) is 15.8. The first-order valence-corrected chi connectivity index (χ1v) is 9.69. The number of anilines is 1. The molecule has 1 amide bonds. The summed E-state index contributed by atoms with van der Waals surface area (Å²) in [5.41, 5.74) is 1.90. The van der Waals surface area contributed by atoms with E-state index in [1.165, 1.54) is 6.20 Å². The largest absolute Gasteiger partial charge is 0.325 e. The van der Waals surface area contributed by atoms with Gasteiger partial charge < -0.3 is 5.32 Å². The Balaban J connectivity index is 1.59. The van der Waals surface area contributed by atoms with Gasteiger partial charge in [0.25, 0.3) is 0 Å². The topological polar surface area (TPSA) is 106 Å². The first-order chi connectivity index (χ1) is 13.2. The maximum Gasteiger partial charge on any atom is 0.240 e. The van der Waals surface area contributed by atoms with Crippen LogP contribution in [0.5, 0.6) is 0 Å². The number of rotatable bonds is 6. The Hall–Kier alpha value is -2.92. The van der Waals surface area contributed by atoms with Crippen LogP contribution in [0.4, 0.5) is 14.5 Å². The molecule has 0 fully saturated rings. The molecule has 0 aliphatic rings. The molecule has 0 unspecified atom stereocenters. The summed E-state index contributed by atoms with van der Waals surface area (Å²) in [7, 11) is -2.30. The second-order valence-corrected chi connectivity index (χ2v) is 7.84. The van der Waals surface area contributed by atoms with Gasteiger partial charge in [-0.3, -0.25) is 9.48 Å². The predicted octanol–water partition coefficient (Wildman–Crippen LogP) is 1.86. The first-order valence-electron chi connectivity index (χ1n) is 8.21. The fourth-order valence-corrected chi connectivity index (χ4v) is 3.67. The van der Waals surface area contributed by atoms with Gasteiger partial charge >= 0.3 is 0 Å². The van der Waals surface area contributed by atoms with Crippen LogP contribution in [0.25, 0.3) is 11.0 Å². The molecular formula is C17H17F2N5O3S. The summed E-state index contributed by atoms with van der Waals surface area (Å²) in [4.78, 5) is 15.9.